The van der Waals surface area contributed by atoms with E-state index in [-0.39, 0.29) is 5.41 Å². The molecule has 2 N–H and O–H groups in total. The molecule has 0 aliphatic carbocycles. The molecule has 0 atom stereocenters. The molecule has 2 aromatic rings. The molecule has 19 heavy (non-hydrogen) atoms. The van der Waals surface area contributed by atoms with E-state index in [0.717, 1.165) is 24.1 Å². The van der Waals surface area contributed by atoms with Crippen molar-refractivity contribution in [2.75, 3.05) is 26.4 Å². The summed E-state index contributed by atoms with van der Waals surface area (Å²) in [5, 5.41) is 0.647. The maximum Gasteiger partial charge on any atom is 0.201 e. The van der Waals surface area contributed by atoms with E-state index in [1.165, 1.54) is 0 Å². The number of imidazole rings is 1. The minimum Gasteiger partial charge on any atom is -0.369 e. The van der Waals surface area contributed by atoms with Crippen LogP contribution in [0.5, 0.6) is 0 Å². The molecule has 0 aliphatic rings. The van der Waals surface area contributed by atoms with Gasteiger partial charge in [-0.3, -0.25) is 0 Å². The smallest absolute Gasteiger partial charge is 0.201 e. The first-order valence-corrected chi connectivity index (χ1v) is 6.73. The molecule has 0 spiro atoms. The average Bonchev–Trinajstić information content (AvgIpc) is 2.56. The van der Waals surface area contributed by atoms with Gasteiger partial charge in [0.05, 0.1) is 10.5 Å². The molecule has 1 heterocycles. The van der Waals surface area contributed by atoms with Crippen LogP contribution in [-0.2, 0) is 6.54 Å². The molecule has 104 valence electrons. The van der Waals surface area contributed by atoms with Gasteiger partial charge in [-0.05, 0) is 31.6 Å². The Kier molecular flexibility index (Phi) is 3.74. The van der Waals surface area contributed by atoms with Gasteiger partial charge in [0.25, 0.3) is 0 Å². The summed E-state index contributed by atoms with van der Waals surface area (Å²) in [6, 6.07) is 5.78. The number of aromatic nitrogens is 2. The number of anilines is 1. The Morgan fingerprint density at radius 3 is 2.68 bits per heavy atom. The standard InChI is InChI=1S/C14H21ClN4/c1-14(2,8-18(3)4)9-19-11-7-5-6-10(15)12(11)17-13(19)16/h5-7H,8-9H2,1-4H3,(H2,16,17). The number of nitrogens with zero attached hydrogens (tertiary/aromatic N) is 3. The third-order valence-electron chi connectivity index (χ3n) is 3.09. The number of nitrogen functional groups attached to an aromatic ring is 1. The van der Waals surface area contributed by atoms with Gasteiger partial charge in [0.1, 0.15) is 5.52 Å². The minimum atomic E-state index is 0.105. The second-order valence-corrected chi connectivity index (χ2v) is 6.47. The topological polar surface area (TPSA) is 47.1 Å². The Bertz CT molecular complexity index is 586. The maximum atomic E-state index is 6.16. The number of benzene rings is 1. The van der Waals surface area contributed by atoms with Crippen LogP contribution in [0.1, 0.15) is 13.8 Å². The summed E-state index contributed by atoms with van der Waals surface area (Å²) in [6.07, 6.45) is 0. The van der Waals surface area contributed by atoms with Gasteiger partial charge < -0.3 is 15.2 Å². The Morgan fingerprint density at radius 1 is 1.37 bits per heavy atom. The summed E-state index contributed by atoms with van der Waals surface area (Å²) in [5.41, 5.74) is 7.92. The van der Waals surface area contributed by atoms with E-state index < -0.39 is 0 Å². The summed E-state index contributed by atoms with van der Waals surface area (Å²) < 4.78 is 2.05. The van der Waals surface area contributed by atoms with E-state index in [1.807, 2.05) is 22.8 Å². The quantitative estimate of drug-likeness (QED) is 0.937. The van der Waals surface area contributed by atoms with Crippen molar-refractivity contribution in [3.8, 4) is 0 Å². The monoisotopic (exact) mass is 280 g/mol. The predicted molar refractivity (Wildman–Crippen MR) is 81.5 cm³/mol. The van der Waals surface area contributed by atoms with E-state index in [1.54, 1.807) is 0 Å². The van der Waals surface area contributed by atoms with E-state index in [2.05, 4.69) is 37.8 Å². The van der Waals surface area contributed by atoms with Gasteiger partial charge >= 0.3 is 0 Å². The summed E-state index contributed by atoms with van der Waals surface area (Å²) in [6.45, 7) is 6.24. The van der Waals surface area contributed by atoms with Crippen LogP contribution >= 0.6 is 11.6 Å². The lowest BCUT2D eigenvalue weighted by atomic mass is 9.93. The summed E-state index contributed by atoms with van der Waals surface area (Å²) >= 11 is 6.16. The van der Waals surface area contributed by atoms with Crippen LogP contribution in [-0.4, -0.2) is 35.1 Å². The second kappa shape index (κ2) is 5.02. The predicted octanol–water partition coefficient (Wildman–Crippen LogP) is 2.86. The fourth-order valence-electron chi connectivity index (χ4n) is 2.63. The SMILES string of the molecule is CN(C)CC(C)(C)Cn1c(N)nc2c(Cl)cccc21. The summed E-state index contributed by atoms with van der Waals surface area (Å²) in [7, 11) is 4.15. The lowest BCUT2D eigenvalue weighted by molar-refractivity contribution is 0.214. The van der Waals surface area contributed by atoms with Crippen molar-refractivity contribution in [2.24, 2.45) is 5.41 Å². The summed E-state index contributed by atoms with van der Waals surface area (Å²) in [4.78, 5) is 6.55. The highest BCUT2D eigenvalue weighted by Crippen LogP contribution is 2.28. The fourth-order valence-corrected chi connectivity index (χ4v) is 2.84. The lowest BCUT2D eigenvalue weighted by Gasteiger charge is -2.29. The molecule has 2 rings (SSSR count). The van der Waals surface area contributed by atoms with Crippen LogP contribution in [0.3, 0.4) is 0 Å². The molecule has 0 saturated heterocycles. The zero-order valence-corrected chi connectivity index (χ0v) is 12.7. The molecule has 1 aromatic carbocycles. The molecule has 1 aromatic heterocycles. The first kappa shape index (κ1) is 14.2. The molecule has 5 heteroatoms. The highest BCUT2D eigenvalue weighted by Gasteiger charge is 2.22. The third-order valence-corrected chi connectivity index (χ3v) is 3.39. The first-order valence-electron chi connectivity index (χ1n) is 6.35. The van der Waals surface area contributed by atoms with Gasteiger partial charge in [-0.2, -0.15) is 0 Å². The van der Waals surface area contributed by atoms with Gasteiger partial charge in [-0.15, -0.1) is 0 Å². The molecule has 0 fully saturated rings. The van der Waals surface area contributed by atoms with Crippen LogP contribution < -0.4 is 5.73 Å². The minimum absolute atomic E-state index is 0.105. The second-order valence-electron chi connectivity index (χ2n) is 6.07. The number of para-hydroxylation sites is 1. The number of nitrogens with two attached hydrogens (primary N) is 1. The Balaban J connectivity index is 2.40. The lowest BCUT2D eigenvalue weighted by Crippen LogP contribution is -2.32. The van der Waals surface area contributed by atoms with Gasteiger partial charge in [-0.25, -0.2) is 4.98 Å². The van der Waals surface area contributed by atoms with E-state index in [4.69, 9.17) is 17.3 Å². The number of fused-ring (bicyclic) bond motifs is 1. The van der Waals surface area contributed by atoms with Crippen molar-refractivity contribution in [2.45, 2.75) is 20.4 Å². The fraction of sp³-hybridized carbons (Fsp3) is 0.500. The van der Waals surface area contributed by atoms with Crippen LogP contribution in [0.4, 0.5) is 5.95 Å². The number of hydrogen-bond donors (Lipinski definition) is 1. The molecule has 0 amide bonds. The third kappa shape index (κ3) is 3.01. The van der Waals surface area contributed by atoms with E-state index >= 15 is 0 Å². The van der Waals surface area contributed by atoms with Crippen LogP contribution in [0.2, 0.25) is 5.02 Å². The largest absolute Gasteiger partial charge is 0.369 e. The molecule has 0 aliphatic heterocycles. The highest BCUT2D eigenvalue weighted by molar-refractivity contribution is 6.35. The van der Waals surface area contributed by atoms with Gasteiger partial charge in [0, 0.05) is 13.1 Å². The van der Waals surface area contributed by atoms with Crippen LogP contribution in [0.25, 0.3) is 11.0 Å². The Labute approximate surface area is 119 Å². The van der Waals surface area contributed by atoms with Crippen molar-refractivity contribution in [3.63, 3.8) is 0 Å². The highest BCUT2D eigenvalue weighted by atomic mass is 35.5. The number of halogens is 1. The number of hydrogen-bond acceptors (Lipinski definition) is 3. The normalized spacial score (nSPS) is 12.5. The van der Waals surface area contributed by atoms with Crippen LogP contribution in [0.15, 0.2) is 18.2 Å². The van der Waals surface area contributed by atoms with E-state index in [0.29, 0.717) is 11.0 Å². The van der Waals surface area contributed by atoms with Gasteiger partial charge in [0.15, 0.2) is 0 Å². The Hall–Kier alpha value is -1.26. The maximum absolute atomic E-state index is 6.16. The molecular weight excluding hydrogens is 260 g/mol. The first-order chi connectivity index (χ1) is 8.80. The van der Waals surface area contributed by atoms with Crippen molar-refractivity contribution in [3.05, 3.63) is 23.2 Å². The molecule has 0 radical (unpaired) electrons. The molecular formula is C14H21ClN4. The van der Waals surface area contributed by atoms with Gasteiger partial charge in [-0.1, -0.05) is 31.5 Å². The van der Waals surface area contributed by atoms with Gasteiger partial charge in [0.2, 0.25) is 5.95 Å². The van der Waals surface area contributed by atoms with Crippen molar-refractivity contribution < 1.29 is 0 Å². The van der Waals surface area contributed by atoms with E-state index in [9.17, 15) is 0 Å². The molecule has 0 bridgehead atoms. The Morgan fingerprint density at radius 2 is 2.05 bits per heavy atom. The van der Waals surface area contributed by atoms with Crippen molar-refractivity contribution in [1.29, 1.82) is 0 Å². The summed E-state index contributed by atoms with van der Waals surface area (Å²) in [5.74, 6) is 0.523. The molecule has 0 unspecified atom stereocenters. The van der Waals surface area contributed by atoms with Crippen molar-refractivity contribution in [1.82, 2.24) is 14.5 Å². The zero-order valence-electron chi connectivity index (χ0n) is 11.9. The zero-order chi connectivity index (χ0) is 14.2. The number of rotatable bonds is 4. The molecule has 0 saturated carbocycles. The average molecular weight is 281 g/mol. The van der Waals surface area contributed by atoms with Crippen LogP contribution in [0, 0.1) is 5.41 Å². The molecule has 4 nitrogen and oxygen atoms in total. The van der Waals surface area contributed by atoms with Crippen molar-refractivity contribution >= 4 is 28.6 Å².